The maximum absolute atomic E-state index is 13.7. The fourth-order valence-electron chi connectivity index (χ4n) is 2.00. The topological polar surface area (TPSA) is 47.3 Å². The average Bonchev–Trinajstić information content (AvgIpc) is 3.09. The fraction of sp³-hybridized carbons (Fsp3) is 0.538. The van der Waals surface area contributed by atoms with E-state index in [1.54, 1.807) is 6.07 Å². The van der Waals surface area contributed by atoms with Crippen molar-refractivity contribution < 1.29 is 9.13 Å². The third-order valence-electron chi connectivity index (χ3n) is 3.68. The van der Waals surface area contributed by atoms with Crippen molar-refractivity contribution in [3.8, 4) is 5.75 Å². The molecule has 0 aliphatic heterocycles. The zero-order chi connectivity index (χ0) is 12.5. The van der Waals surface area contributed by atoms with Crippen LogP contribution in [0.25, 0.3) is 0 Å². The lowest BCUT2D eigenvalue weighted by Gasteiger charge is -2.16. The Bertz CT molecular complexity index is 416. The summed E-state index contributed by atoms with van der Waals surface area (Å²) in [4.78, 5) is 0. The lowest BCUT2D eigenvalue weighted by molar-refractivity contribution is 0.416. The second-order valence-corrected chi connectivity index (χ2v) is 4.78. The van der Waals surface area contributed by atoms with E-state index in [-0.39, 0.29) is 5.82 Å². The number of hydrogen-bond donors (Lipinski definition) is 2. The number of benzene rings is 1. The van der Waals surface area contributed by atoms with E-state index >= 15 is 0 Å². The minimum Gasteiger partial charge on any atom is -0.495 e. The zero-order valence-corrected chi connectivity index (χ0v) is 10.3. The van der Waals surface area contributed by atoms with Gasteiger partial charge < -0.3 is 15.8 Å². The van der Waals surface area contributed by atoms with Crippen LogP contribution in [0.4, 0.5) is 15.8 Å². The summed E-state index contributed by atoms with van der Waals surface area (Å²) in [6.45, 7) is 2.99. The molecule has 0 aromatic heterocycles. The standard InChI is InChI=1S/C13H19FN2O/c1-3-13(4-5-13)8-16-11-7-12(17-2)10(15)6-9(11)14/h6-7,16H,3-5,8,15H2,1-2H3. The number of anilines is 2. The van der Waals surface area contributed by atoms with Crippen LogP contribution in [0.3, 0.4) is 0 Å². The van der Waals surface area contributed by atoms with E-state index in [1.165, 1.54) is 26.0 Å². The van der Waals surface area contributed by atoms with Gasteiger partial charge >= 0.3 is 0 Å². The first-order valence-electron chi connectivity index (χ1n) is 5.97. The van der Waals surface area contributed by atoms with Crippen LogP contribution >= 0.6 is 0 Å². The van der Waals surface area contributed by atoms with Crippen LogP contribution in [0.1, 0.15) is 26.2 Å². The quantitative estimate of drug-likeness (QED) is 0.775. The molecule has 2 rings (SSSR count). The van der Waals surface area contributed by atoms with Crippen molar-refractivity contribution in [2.75, 3.05) is 24.7 Å². The van der Waals surface area contributed by atoms with E-state index in [0.717, 1.165) is 13.0 Å². The summed E-state index contributed by atoms with van der Waals surface area (Å²) in [5.41, 5.74) is 6.80. The first-order chi connectivity index (χ1) is 8.10. The SMILES string of the molecule is CCC1(CNc2cc(OC)c(N)cc2F)CC1. The minimum atomic E-state index is -0.324. The monoisotopic (exact) mass is 238 g/mol. The second kappa shape index (κ2) is 4.43. The van der Waals surface area contributed by atoms with Gasteiger partial charge in [-0.2, -0.15) is 0 Å². The molecule has 0 unspecified atom stereocenters. The number of nitrogens with one attached hydrogen (secondary N) is 1. The maximum atomic E-state index is 13.7. The van der Waals surface area contributed by atoms with Crippen molar-refractivity contribution in [3.05, 3.63) is 17.9 Å². The van der Waals surface area contributed by atoms with Gasteiger partial charge in [-0.15, -0.1) is 0 Å². The van der Waals surface area contributed by atoms with Gasteiger partial charge in [-0.05, 0) is 24.7 Å². The van der Waals surface area contributed by atoms with Crippen LogP contribution in [0, 0.1) is 11.2 Å². The average molecular weight is 238 g/mol. The molecule has 1 fully saturated rings. The van der Waals surface area contributed by atoms with E-state index in [2.05, 4.69) is 12.2 Å². The van der Waals surface area contributed by atoms with E-state index in [9.17, 15) is 4.39 Å². The predicted molar refractivity (Wildman–Crippen MR) is 67.8 cm³/mol. The Morgan fingerprint density at radius 2 is 2.18 bits per heavy atom. The largest absolute Gasteiger partial charge is 0.495 e. The van der Waals surface area contributed by atoms with E-state index < -0.39 is 0 Å². The first-order valence-corrected chi connectivity index (χ1v) is 5.97. The molecule has 3 N–H and O–H groups in total. The summed E-state index contributed by atoms with van der Waals surface area (Å²) in [6, 6.07) is 2.92. The Morgan fingerprint density at radius 3 is 2.71 bits per heavy atom. The Balaban J connectivity index is 2.10. The Kier molecular flexibility index (Phi) is 3.13. The fourth-order valence-corrected chi connectivity index (χ4v) is 2.00. The maximum Gasteiger partial charge on any atom is 0.148 e. The molecule has 0 bridgehead atoms. The minimum absolute atomic E-state index is 0.324. The molecule has 0 atom stereocenters. The highest BCUT2D eigenvalue weighted by Crippen LogP contribution is 2.48. The van der Waals surface area contributed by atoms with Crippen molar-refractivity contribution in [1.82, 2.24) is 0 Å². The number of rotatable bonds is 5. The van der Waals surface area contributed by atoms with Gasteiger partial charge in [0.15, 0.2) is 0 Å². The smallest absolute Gasteiger partial charge is 0.148 e. The van der Waals surface area contributed by atoms with Crippen LogP contribution in [-0.2, 0) is 0 Å². The van der Waals surface area contributed by atoms with Gasteiger partial charge in [-0.3, -0.25) is 0 Å². The van der Waals surface area contributed by atoms with Gasteiger partial charge in [0, 0.05) is 18.7 Å². The molecule has 94 valence electrons. The van der Waals surface area contributed by atoms with Gasteiger partial charge in [0.05, 0.1) is 18.5 Å². The van der Waals surface area contributed by atoms with Crippen LogP contribution in [0.15, 0.2) is 12.1 Å². The number of ether oxygens (including phenoxy) is 1. The molecule has 0 heterocycles. The van der Waals surface area contributed by atoms with Crippen molar-refractivity contribution in [1.29, 1.82) is 0 Å². The lowest BCUT2D eigenvalue weighted by Crippen LogP contribution is -2.15. The molecule has 0 saturated heterocycles. The normalized spacial score (nSPS) is 16.6. The molecule has 4 heteroatoms. The molecule has 3 nitrogen and oxygen atoms in total. The van der Waals surface area contributed by atoms with Gasteiger partial charge in [-0.1, -0.05) is 6.92 Å². The van der Waals surface area contributed by atoms with Crippen LogP contribution in [0.2, 0.25) is 0 Å². The number of methoxy groups -OCH3 is 1. The van der Waals surface area contributed by atoms with E-state index in [0.29, 0.717) is 22.5 Å². The van der Waals surface area contributed by atoms with Crippen LogP contribution < -0.4 is 15.8 Å². The Morgan fingerprint density at radius 1 is 1.47 bits per heavy atom. The molecule has 1 saturated carbocycles. The Hall–Kier alpha value is -1.45. The van der Waals surface area contributed by atoms with Crippen LogP contribution in [0.5, 0.6) is 5.75 Å². The first kappa shape index (κ1) is 12.0. The van der Waals surface area contributed by atoms with Crippen molar-refractivity contribution >= 4 is 11.4 Å². The highest BCUT2D eigenvalue weighted by Gasteiger charge is 2.40. The highest BCUT2D eigenvalue weighted by molar-refractivity contribution is 5.62. The summed E-state index contributed by atoms with van der Waals surface area (Å²) in [5, 5.41) is 3.16. The number of halogens is 1. The molecule has 0 radical (unpaired) electrons. The van der Waals surface area contributed by atoms with Crippen LogP contribution in [-0.4, -0.2) is 13.7 Å². The third-order valence-corrected chi connectivity index (χ3v) is 3.68. The summed E-state index contributed by atoms with van der Waals surface area (Å²) in [5.74, 6) is 0.186. The Labute approximate surface area is 101 Å². The van der Waals surface area contributed by atoms with Gasteiger partial charge in [0.25, 0.3) is 0 Å². The molecular formula is C13H19FN2O. The van der Waals surface area contributed by atoms with Crippen molar-refractivity contribution in [3.63, 3.8) is 0 Å². The summed E-state index contributed by atoms with van der Waals surface area (Å²) < 4.78 is 18.8. The van der Waals surface area contributed by atoms with Gasteiger partial charge in [0.1, 0.15) is 11.6 Å². The second-order valence-electron chi connectivity index (χ2n) is 4.78. The molecule has 0 amide bonds. The van der Waals surface area contributed by atoms with E-state index in [1.807, 2.05) is 0 Å². The van der Waals surface area contributed by atoms with Gasteiger partial charge in [0.2, 0.25) is 0 Å². The molecular weight excluding hydrogens is 219 g/mol. The number of nitrogens with two attached hydrogens (primary N) is 1. The molecule has 17 heavy (non-hydrogen) atoms. The number of nitrogen functional groups attached to an aromatic ring is 1. The molecule has 0 spiro atoms. The summed E-state index contributed by atoms with van der Waals surface area (Å²) in [7, 11) is 1.53. The highest BCUT2D eigenvalue weighted by atomic mass is 19.1. The third kappa shape index (κ3) is 2.46. The zero-order valence-electron chi connectivity index (χ0n) is 10.3. The molecule has 1 aliphatic rings. The molecule has 1 aromatic carbocycles. The predicted octanol–water partition coefficient (Wildman–Crippen LogP) is 3.02. The van der Waals surface area contributed by atoms with Crippen molar-refractivity contribution in [2.45, 2.75) is 26.2 Å². The van der Waals surface area contributed by atoms with Crippen molar-refractivity contribution in [2.24, 2.45) is 5.41 Å². The molecule has 1 aromatic rings. The molecule has 1 aliphatic carbocycles. The number of hydrogen-bond acceptors (Lipinski definition) is 3. The summed E-state index contributed by atoms with van der Waals surface area (Å²) in [6.07, 6.45) is 3.59. The van der Waals surface area contributed by atoms with Gasteiger partial charge in [-0.25, -0.2) is 4.39 Å². The lowest BCUT2D eigenvalue weighted by atomic mass is 10.0. The summed E-state index contributed by atoms with van der Waals surface area (Å²) >= 11 is 0. The van der Waals surface area contributed by atoms with E-state index in [4.69, 9.17) is 10.5 Å².